The molecule has 0 bridgehead atoms. The highest BCUT2D eigenvalue weighted by atomic mass is 35.5. The monoisotopic (exact) mass is 574 g/mol. The van der Waals surface area contributed by atoms with Crippen molar-refractivity contribution in [3.8, 4) is 11.3 Å². The van der Waals surface area contributed by atoms with Gasteiger partial charge < -0.3 is 19.5 Å². The number of nitrogens with one attached hydrogen (secondary N) is 2. The van der Waals surface area contributed by atoms with Gasteiger partial charge in [0.05, 0.1) is 21.8 Å². The Morgan fingerprint density at radius 2 is 1.89 bits per heavy atom. The Morgan fingerprint density at radius 3 is 2.58 bits per heavy atom. The highest BCUT2D eigenvalue weighted by Crippen LogP contribution is 2.41. The zero-order valence-electron chi connectivity index (χ0n) is 22.6. The van der Waals surface area contributed by atoms with Crippen LogP contribution in [0.3, 0.4) is 0 Å². The molecule has 7 nitrogen and oxygen atoms in total. The number of aromatic amines is 1. The third-order valence-corrected chi connectivity index (χ3v) is 12.7. The van der Waals surface area contributed by atoms with E-state index in [-0.39, 0.29) is 22.7 Å². The average molecular weight is 576 g/mol. The summed E-state index contributed by atoms with van der Waals surface area (Å²) in [6.45, 7) is 12.5. The molecular formula is C28H36Cl2N4O3Si. The predicted molar refractivity (Wildman–Crippen MR) is 157 cm³/mol. The molecule has 1 aromatic carbocycles. The first kappa shape index (κ1) is 28.8. The fraction of sp³-hybridized carbons (Fsp3) is 0.464. The van der Waals surface area contributed by atoms with Crippen LogP contribution in [-0.2, 0) is 15.6 Å². The molecule has 204 valence electrons. The molecule has 10 heteroatoms. The highest BCUT2D eigenvalue weighted by Gasteiger charge is 2.39. The smallest absolute Gasteiger partial charge is 0.248 e. The van der Waals surface area contributed by atoms with Gasteiger partial charge in [-0.2, -0.15) is 0 Å². The Balaban J connectivity index is 1.70. The standard InChI is InChI=1S/C28H36Cl2N4O3Si/c1-28(2,3)38(4,5)37-25(18-6-7-22(29)23(30)14-18)15-19-17-32-26(35)16-21(19)24-8-11-31-27(34-24)33-20-9-12-36-13-10-20/h6-8,11,14,16-17,20,25H,9-10,12-13,15H2,1-5H3,(H,32,35)(H,31,33,34). The zero-order valence-corrected chi connectivity index (χ0v) is 25.1. The van der Waals surface area contributed by atoms with Crippen LogP contribution in [0.4, 0.5) is 5.95 Å². The number of H-pyrrole nitrogens is 1. The van der Waals surface area contributed by atoms with Crippen LogP contribution in [-0.4, -0.2) is 42.5 Å². The lowest BCUT2D eigenvalue weighted by Crippen LogP contribution is -2.42. The molecule has 4 rings (SSSR count). The number of hydrogen-bond acceptors (Lipinski definition) is 6. The molecule has 2 N–H and O–H groups in total. The molecule has 0 amide bonds. The first-order chi connectivity index (χ1) is 17.9. The number of anilines is 1. The summed E-state index contributed by atoms with van der Waals surface area (Å²) in [5.74, 6) is 0.541. The fourth-order valence-corrected chi connectivity index (χ4v) is 5.77. The maximum Gasteiger partial charge on any atom is 0.248 e. The van der Waals surface area contributed by atoms with Crippen molar-refractivity contribution < 1.29 is 9.16 Å². The second-order valence-electron chi connectivity index (χ2n) is 11.3. The first-order valence-corrected chi connectivity index (χ1v) is 16.6. The quantitative estimate of drug-likeness (QED) is 0.280. The van der Waals surface area contributed by atoms with E-state index < -0.39 is 8.32 Å². The molecule has 1 aliphatic heterocycles. The number of rotatable bonds is 8. The molecule has 1 aliphatic rings. The van der Waals surface area contributed by atoms with Crippen molar-refractivity contribution in [3.63, 3.8) is 0 Å². The van der Waals surface area contributed by atoms with Gasteiger partial charge in [-0.05, 0) is 60.3 Å². The molecular weight excluding hydrogens is 539 g/mol. The number of pyridine rings is 1. The minimum atomic E-state index is -2.17. The van der Waals surface area contributed by atoms with E-state index in [1.165, 1.54) is 0 Å². The van der Waals surface area contributed by atoms with E-state index >= 15 is 0 Å². The lowest BCUT2D eigenvalue weighted by molar-refractivity contribution is 0.0903. The minimum Gasteiger partial charge on any atom is -0.410 e. The van der Waals surface area contributed by atoms with Crippen LogP contribution in [0.1, 0.15) is 50.8 Å². The summed E-state index contributed by atoms with van der Waals surface area (Å²) in [4.78, 5) is 24.5. The van der Waals surface area contributed by atoms with E-state index in [0.717, 1.165) is 42.7 Å². The van der Waals surface area contributed by atoms with Crippen molar-refractivity contribution in [2.24, 2.45) is 0 Å². The second kappa shape index (κ2) is 11.9. The summed E-state index contributed by atoms with van der Waals surface area (Å²) < 4.78 is 12.4. The van der Waals surface area contributed by atoms with Crippen LogP contribution in [0.15, 0.2) is 47.5 Å². The molecule has 3 aromatic rings. The molecule has 38 heavy (non-hydrogen) atoms. The summed E-state index contributed by atoms with van der Waals surface area (Å²) >= 11 is 12.6. The van der Waals surface area contributed by atoms with Crippen LogP contribution in [0.25, 0.3) is 11.3 Å². The van der Waals surface area contributed by atoms with Crippen LogP contribution >= 0.6 is 23.2 Å². The van der Waals surface area contributed by atoms with Gasteiger partial charge in [-0.3, -0.25) is 4.79 Å². The van der Waals surface area contributed by atoms with Crippen LogP contribution in [0.2, 0.25) is 28.2 Å². The van der Waals surface area contributed by atoms with Gasteiger partial charge in [0.1, 0.15) is 0 Å². The van der Waals surface area contributed by atoms with E-state index in [2.05, 4.69) is 49.1 Å². The van der Waals surface area contributed by atoms with E-state index in [1.54, 1.807) is 24.5 Å². The van der Waals surface area contributed by atoms with Crippen molar-refractivity contribution in [1.82, 2.24) is 15.0 Å². The third-order valence-electron chi connectivity index (χ3n) is 7.46. The SMILES string of the molecule is CC(C)(C)[Si](C)(C)OC(Cc1c[nH]c(=O)cc1-c1ccnc(NC2CCOCC2)n1)c1ccc(Cl)c(Cl)c1. The molecule has 1 fully saturated rings. The predicted octanol–water partition coefficient (Wildman–Crippen LogP) is 7.04. The summed E-state index contributed by atoms with van der Waals surface area (Å²) in [6.07, 6.45) is 5.50. The number of aromatic nitrogens is 3. The number of hydrogen-bond donors (Lipinski definition) is 2. The van der Waals surface area contributed by atoms with E-state index in [0.29, 0.717) is 28.1 Å². The lowest BCUT2D eigenvalue weighted by atomic mass is 9.97. The molecule has 0 spiro atoms. The van der Waals surface area contributed by atoms with E-state index in [9.17, 15) is 4.79 Å². The van der Waals surface area contributed by atoms with Crippen molar-refractivity contribution in [2.75, 3.05) is 18.5 Å². The van der Waals surface area contributed by atoms with Gasteiger partial charge in [-0.1, -0.05) is 50.0 Å². The maximum absolute atomic E-state index is 12.4. The number of nitrogens with zero attached hydrogens (tertiary/aromatic N) is 2. The van der Waals surface area contributed by atoms with Crippen LogP contribution < -0.4 is 10.9 Å². The van der Waals surface area contributed by atoms with Gasteiger partial charge in [0.15, 0.2) is 8.32 Å². The van der Waals surface area contributed by atoms with Gasteiger partial charge in [0, 0.05) is 49.7 Å². The molecule has 1 saturated heterocycles. The molecule has 3 heterocycles. The van der Waals surface area contributed by atoms with E-state index in [1.807, 2.05) is 18.2 Å². The van der Waals surface area contributed by atoms with Gasteiger partial charge in [0.25, 0.3) is 0 Å². The van der Waals surface area contributed by atoms with Gasteiger partial charge >= 0.3 is 0 Å². The fourth-order valence-electron chi connectivity index (χ4n) is 4.18. The summed E-state index contributed by atoms with van der Waals surface area (Å²) in [5, 5.41) is 4.40. The highest BCUT2D eigenvalue weighted by molar-refractivity contribution is 6.74. The Kier molecular flexibility index (Phi) is 8.99. The molecule has 2 aromatic heterocycles. The number of ether oxygens (including phenoxy) is 1. The largest absolute Gasteiger partial charge is 0.410 e. The summed E-state index contributed by atoms with van der Waals surface area (Å²) in [5.41, 5.74) is 3.07. The van der Waals surface area contributed by atoms with Crippen molar-refractivity contribution in [1.29, 1.82) is 0 Å². The van der Waals surface area contributed by atoms with Gasteiger partial charge in [-0.15, -0.1) is 0 Å². The summed E-state index contributed by atoms with van der Waals surface area (Å²) in [6, 6.07) is 9.30. The van der Waals surface area contributed by atoms with Gasteiger partial charge in [-0.25, -0.2) is 9.97 Å². The van der Waals surface area contributed by atoms with Gasteiger partial charge in [0.2, 0.25) is 11.5 Å². The number of benzene rings is 1. The summed E-state index contributed by atoms with van der Waals surface area (Å²) in [7, 11) is -2.17. The molecule has 0 radical (unpaired) electrons. The van der Waals surface area contributed by atoms with Crippen LogP contribution in [0.5, 0.6) is 0 Å². The molecule has 0 saturated carbocycles. The maximum atomic E-state index is 12.4. The lowest BCUT2D eigenvalue weighted by Gasteiger charge is -2.39. The molecule has 0 aliphatic carbocycles. The van der Waals surface area contributed by atoms with Crippen molar-refractivity contribution >= 4 is 37.5 Å². The van der Waals surface area contributed by atoms with Crippen LogP contribution in [0, 0.1) is 0 Å². The average Bonchev–Trinajstić information content (AvgIpc) is 2.86. The Morgan fingerprint density at radius 1 is 1.16 bits per heavy atom. The molecule has 1 atom stereocenters. The minimum absolute atomic E-state index is 0.00663. The van der Waals surface area contributed by atoms with E-state index in [4.69, 9.17) is 37.3 Å². The normalized spacial score (nSPS) is 15.9. The second-order valence-corrected chi connectivity index (χ2v) is 16.8. The van der Waals surface area contributed by atoms with Crippen molar-refractivity contribution in [2.45, 2.75) is 70.3 Å². The first-order valence-electron chi connectivity index (χ1n) is 12.9. The Hall–Kier alpha value is -2.23. The number of halogens is 2. The molecule has 1 unspecified atom stereocenters. The Bertz CT molecular complexity index is 1320. The van der Waals surface area contributed by atoms with Crippen molar-refractivity contribution in [3.05, 3.63) is 74.3 Å². The Labute approximate surface area is 235 Å². The third kappa shape index (κ3) is 7.04. The zero-order chi connectivity index (χ0) is 27.5. The topological polar surface area (TPSA) is 89.1 Å².